The lowest BCUT2D eigenvalue weighted by atomic mass is 9.87. The molecule has 0 aromatic rings. The molecule has 3 saturated heterocycles. The molecule has 0 saturated carbocycles. The predicted molar refractivity (Wildman–Crippen MR) is 148 cm³/mol. The number of amides is 2. The fourth-order valence-electron chi connectivity index (χ4n) is 5.28. The van der Waals surface area contributed by atoms with Gasteiger partial charge in [-0.25, -0.2) is 5.43 Å². The summed E-state index contributed by atoms with van der Waals surface area (Å²) in [7, 11) is 1.63. The number of hydrogen-bond acceptors (Lipinski definition) is 9. The Kier molecular flexibility index (Phi) is 11.5. The lowest BCUT2D eigenvalue weighted by Crippen LogP contribution is -2.51. The molecule has 40 heavy (non-hydrogen) atoms. The van der Waals surface area contributed by atoms with E-state index < -0.39 is 29.9 Å². The van der Waals surface area contributed by atoms with E-state index in [0.717, 1.165) is 12.0 Å². The zero-order valence-electron chi connectivity index (χ0n) is 24.3. The van der Waals surface area contributed by atoms with E-state index in [1.807, 2.05) is 26.0 Å². The van der Waals surface area contributed by atoms with Gasteiger partial charge in [0.25, 0.3) is 0 Å². The first-order valence-corrected chi connectivity index (χ1v) is 14.0. The van der Waals surface area contributed by atoms with Crippen molar-refractivity contribution in [2.24, 2.45) is 5.92 Å². The molecule has 0 aromatic heterocycles. The van der Waals surface area contributed by atoms with Gasteiger partial charge in [0.15, 0.2) is 0 Å². The summed E-state index contributed by atoms with van der Waals surface area (Å²) in [6.45, 7) is 9.53. The lowest BCUT2D eigenvalue weighted by molar-refractivity contribution is -0.146. The summed E-state index contributed by atoms with van der Waals surface area (Å²) in [4.78, 5) is 35.4. The highest BCUT2D eigenvalue weighted by molar-refractivity contribution is 5.87. The summed E-state index contributed by atoms with van der Waals surface area (Å²) in [5.41, 5.74) is 5.53. The van der Waals surface area contributed by atoms with Crippen LogP contribution >= 0.6 is 0 Å². The maximum atomic E-state index is 12.4. The van der Waals surface area contributed by atoms with Crippen LogP contribution in [0.1, 0.15) is 60.3 Å². The van der Waals surface area contributed by atoms with E-state index in [4.69, 9.17) is 18.9 Å². The number of esters is 1. The van der Waals surface area contributed by atoms with Crippen molar-refractivity contribution in [2.45, 2.75) is 109 Å². The predicted octanol–water partition coefficient (Wildman–Crippen LogP) is 1.61. The number of hydrogen-bond donors (Lipinski definition) is 4. The molecular formula is C29H45N3O8. The van der Waals surface area contributed by atoms with Crippen molar-refractivity contribution in [3.05, 3.63) is 36.0 Å². The van der Waals surface area contributed by atoms with Gasteiger partial charge >= 0.3 is 5.97 Å². The SMILES string of the molecule is CNNC(=O)C[C@@H]1C[C@@]2(CO2)[C@H](O)[C@@H](/C=C/C(C)=C/C[C@@H]2O[C@H](C)[C@H](NC(=O)/C=C\[C@H](C)OC(C)=O)C[C@@H]2C)O1. The molecule has 2 amide bonds. The first-order chi connectivity index (χ1) is 18.9. The van der Waals surface area contributed by atoms with Crippen LogP contribution in [0.2, 0.25) is 0 Å². The van der Waals surface area contributed by atoms with Crippen molar-refractivity contribution in [2.75, 3.05) is 13.7 Å². The molecule has 0 aromatic carbocycles. The highest BCUT2D eigenvalue weighted by Gasteiger charge is 2.58. The minimum atomic E-state index is -0.797. The van der Waals surface area contributed by atoms with Gasteiger partial charge in [0.05, 0.1) is 37.4 Å². The topological polar surface area (TPSA) is 148 Å². The average Bonchev–Trinajstić information content (AvgIpc) is 3.64. The number of aliphatic hydroxyl groups is 1. The van der Waals surface area contributed by atoms with Gasteiger partial charge in [0.2, 0.25) is 11.8 Å². The molecule has 1 spiro atoms. The molecule has 11 nitrogen and oxygen atoms in total. The van der Waals surface area contributed by atoms with Gasteiger partial charge in [-0.3, -0.25) is 19.8 Å². The van der Waals surface area contributed by atoms with Crippen LogP contribution in [0.3, 0.4) is 0 Å². The standard InChI is InChI=1S/C29H45N3O8/c1-17(8-11-25-28(36)29(16-37-29)15-22(40-25)14-27(35)32-30-6)7-10-24-18(2)13-23(20(4)39-24)31-26(34)12-9-19(3)38-21(5)33/h7-9,11-12,18-20,22-25,28,30,36H,10,13-16H2,1-6H3,(H,31,34)(H,32,35)/b11-8+,12-9-,17-7+/t18-,19-,20+,22+,23+,24-,25+,28+,29+/m0/s1. The van der Waals surface area contributed by atoms with E-state index in [0.29, 0.717) is 19.4 Å². The summed E-state index contributed by atoms with van der Waals surface area (Å²) in [6.07, 6.45) is 8.57. The Morgan fingerprint density at radius 2 is 1.90 bits per heavy atom. The summed E-state index contributed by atoms with van der Waals surface area (Å²) in [6, 6.07) is -0.123. The molecule has 0 aliphatic carbocycles. The Balaban J connectivity index is 1.50. The number of ether oxygens (including phenoxy) is 4. The van der Waals surface area contributed by atoms with Crippen LogP contribution in [0.15, 0.2) is 36.0 Å². The minimum Gasteiger partial charge on any atom is -0.459 e. The normalized spacial score (nSPS) is 35.1. The third-order valence-corrected chi connectivity index (χ3v) is 7.60. The molecular weight excluding hydrogens is 518 g/mol. The van der Waals surface area contributed by atoms with Crippen LogP contribution in [-0.4, -0.2) is 84.8 Å². The van der Waals surface area contributed by atoms with Gasteiger partial charge < -0.3 is 29.4 Å². The van der Waals surface area contributed by atoms with Crippen molar-refractivity contribution in [1.82, 2.24) is 16.2 Å². The molecule has 9 atom stereocenters. The third kappa shape index (κ3) is 9.24. The molecule has 3 aliphatic heterocycles. The average molecular weight is 564 g/mol. The number of allylic oxidation sites excluding steroid dienone is 2. The summed E-state index contributed by atoms with van der Waals surface area (Å²) >= 11 is 0. The Hall–Kier alpha value is -2.57. The largest absolute Gasteiger partial charge is 0.459 e. The van der Waals surface area contributed by atoms with Crippen LogP contribution in [0.4, 0.5) is 0 Å². The number of nitrogens with one attached hydrogen (secondary N) is 3. The maximum Gasteiger partial charge on any atom is 0.303 e. The molecule has 3 heterocycles. The van der Waals surface area contributed by atoms with E-state index in [9.17, 15) is 19.5 Å². The molecule has 3 rings (SSSR count). The fourth-order valence-corrected chi connectivity index (χ4v) is 5.28. The molecule has 3 aliphatic rings. The zero-order valence-corrected chi connectivity index (χ0v) is 24.3. The molecule has 4 N–H and O–H groups in total. The molecule has 11 heteroatoms. The van der Waals surface area contributed by atoms with Gasteiger partial charge in [0, 0.05) is 26.5 Å². The highest BCUT2D eigenvalue weighted by Crippen LogP contribution is 2.43. The van der Waals surface area contributed by atoms with E-state index in [1.54, 1.807) is 20.0 Å². The van der Waals surface area contributed by atoms with Crippen molar-refractivity contribution in [1.29, 1.82) is 0 Å². The van der Waals surface area contributed by atoms with E-state index >= 15 is 0 Å². The summed E-state index contributed by atoms with van der Waals surface area (Å²) in [5.74, 6) is -0.603. The van der Waals surface area contributed by atoms with Crippen molar-refractivity contribution >= 4 is 17.8 Å². The van der Waals surface area contributed by atoms with Crippen molar-refractivity contribution in [3.8, 4) is 0 Å². The smallest absolute Gasteiger partial charge is 0.303 e. The number of hydrazine groups is 1. The summed E-state index contributed by atoms with van der Waals surface area (Å²) < 4.78 is 22.9. The van der Waals surface area contributed by atoms with Crippen molar-refractivity contribution in [3.63, 3.8) is 0 Å². The highest BCUT2D eigenvalue weighted by atomic mass is 16.6. The van der Waals surface area contributed by atoms with Crippen LogP contribution in [-0.2, 0) is 33.3 Å². The third-order valence-electron chi connectivity index (χ3n) is 7.60. The quantitative estimate of drug-likeness (QED) is 0.0968. The Labute approximate surface area is 236 Å². The number of carbonyl (C=O) groups excluding carboxylic acids is 3. The first-order valence-electron chi connectivity index (χ1n) is 14.0. The number of carbonyl (C=O) groups is 3. The Morgan fingerprint density at radius 1 is 1.18 bits per heavy atom. The Morgan fingerprint density at radius 3 is 2.55 bits per heavy atom. The number of epoxide rings is 1. The number of aliphatic hydroxyl groups excluding tert-OH is 1. The van der Waals surface area contributed by atoms with Gasteiger partial charge in [-0.15, -0.1) is 0 Å². The van der Waals surface area contributed by atoms with E-state index in [2.05, 4.69) is 29.2 Å². The van der Waals surface area contributed by atoms with Crippen LogP contribution in [0.5, 0.6) is 0 Å². The van der Waals surface area contributed by atoms with Gasteiger partial charge in [0.1, 0.15) is 23.9 Å². The first kappa shape index (κ1) is 32.0. The monoisotopic (exact) mass is 563 g/mol. The van der Waals surface area contributed by atoms with Gasteiger partial charge in [-0.1, -0.05) is 30.7 Å². The second kappa shape index (κ2) is 14.4. The second-order valence-corrected chi connectivity index (χ2v) is 11.2. The maximum absolute atomic E-state index is 12.4. The number of rotatable bonds is 11. The second-order valence-electron chi connectivity index (χ2n) is 11.2. The van der Waals surface area contributed by atoms with E-state index in [1.165, 1.54) is 13.0 Å². The van der Waals surface area contributed by atoms with Crippen LogP contribution in [0.25, 0.3) is 0 Å². The molecule has 0 bridgehead atoms. The Bertz CT molecular complexity index is 992. The zero-order chi connectivity index (χ0) is 29.4. The molecule has 0 unspecified atom stereocenters. The molecule has 0 radical (unpaired) electrons. The fraction of sp³-hybridized carbons (Fsp3) is 0.690. The minimum absolute atomic E-state index is 0.000699. The molecule has 3 fully saturated rings. The van der Waals surface area contributed by atoms with Crippen LogP contribution in [0, 0.1) is 5.92 Å². The lowest BCUT2D eigenvalue weighted by Gasteiger charge is -2.39. The van der Waals surface area contributed by atoms with Gasteiger partial charge in [-0.05, 0) is 45.6 Å². The summed E-state index contributed by atoms with van der Waals surface area (Å²) in [5, 5.41) is 13.8. The van der Waals surface area contributed by atoms with Gasteiger partial charge in [-0.2, -0.15) is 0 Å². The molecule has 224 valence electrons. The van der Waals surface area contributed by atoms with Crippen molar-refractivity contribution < 1.29 is 38.4 Å². The van der Waals surface area contributed by atoms with E-state index in [-0.39, 0.29) is 48.5 Å². The van der Waals surface area contributed by atoms with Crippen LogP contribution < -0.4 is 16.2 Å².